The molecule has 0 aliphatic carbocycles. The molecule has 0 radical (unpaired) electrons. The van der Waals surface area contributed by atoms with Crippen molar-refractivity contribution in [1.82, 2.24) is 19.9 Å². The van der Waals surface area contributed by atoms with Gasteiger partial charge in [-0.25, -0.2) is 4.98 Å². The van der Waals surface area contributed by atoms with Gasteiger partial charge < -0.3 is 15.5 Å². The maximum Gasteiger partial charge on any atom is 0.225 e. The van der Waals surface area contributed by atoms with Crippen molar-refractivity contribution in [2.75, 3.05) is 37.8 Å². The number of pyridine rings is 1. The van der Waals surface area contributed by atoms with Gasteiger partial charge in [-0.15, -0.1) is 0 Å². The molecule has 6 nitrogen and oxygen atoms in total. The van der Waals surface area contributed by atoms with E-state index >= 15 is 0 Å². The van der Waals surface area contributed by atoms with Crippen LogP contribution in [-0.2, 0) is 6.54 Å². The number of rotatable bonds is 9. The van der Waals surface area contributed by atoms with Crippen LogP contribution < -0.4 is 10.6 Å². The van der Waals surface area contributed by atoms with E-state index in [0.717, 1.165) is 41.1 Å². The molecule has 0 saturated carbocycles. The first-order chi connectivity index (χ1) is 13.6. The predicted octanol–water partition coefficient (Wildman–Crippen LogP) is 4.28. The number of nitrogens with zero attached hydrogens (tertiary/aromatic N) is 4. The zero-order chi connectivity index (χ0) is 19.8. The van der Waals surface area contributed by atoms with E-state index < -0.39 is 0 Å². The van der Waals surface area contributed by atoms with Crippen LogP contribution in [0.15, 0.2) is 59.3 Å². The highest BCUT2D eigenvalue weighted by Crippen LogP contribution is 2.21. The standard InChI is InChI=1S/C21H25BrN6/c1-28(2)11-5-10-24-21-26-19(17-7-4-9-23-15-17)13-20(27-21)25-14-16-6-3-8-18(22)12-16/h3-4,6-9,12-13,15H,5,10-11,14H2,1-2H3,(H2,24,25,26,27). The van der Waals surface area contributed by atoms with Crippen LogP contribution in [0.1, 0.15) is 12.0 Å². The number of aromatic nitrogens is 3. The summed E-state index contributed by atoms with van der Waals surface area (Å²) < 4.78 is 1.06. The molecule has 7 heteroatoms. The monoisotopic (exact) mass is 440 g/mol. The lowest BCUT2D eigenvalue weighted by atomic mass is 10.2. The first-order valence-corrected chi connectivity index (χ1v) is 10.1. The minimum absolute atomic E-state index is 0.622. The lowest BCUT2D eigenvalue weighted by molar-refractivity contribution is 0.405. The van der Waals surface area contributed by atoms with Gasteiger partial charge in [-0.2, -0.15) is 4.98 Å². The molecule has 0 amide bonds. The average Bonchev–Trinajstić information content (AvgIpc) is 2.70. The summed E-state index contributed by atoms with van der Waals surface area (Å²) in [5.41, 5.74) is 2.98. The van der Waals surface area contributed by atoms with Crippen molar-refractivity contribution in [3.8, 4) is 11.3 Å². The third-order valence-corrected chi connectivity index (χ3v) is 4.60. The molecule has 28 heavy (non-hydrogen) atoms. The Morgan fingerprint density at radius 1 is 1.04 bits per heavy atom. The Labute approximate surface area is 174 Å². The summed E-state index contributed by atoms with van der Waals surface area (Å²) in [6.07, 6.45) is 4.60. The number of benzene rings is 1. The Bertz CT molecular complexity index is 885. The van der Waals surface area contributed by atoms with Gasteiger partial charge in [0.15, 0.2) is 0 Å². The number of hydrogen-bond donors (Lipinski definition) is 2. The van der Waals surface area contributed by atoms with Crippen LogP contribution in [0, 0.1) is 0 Å². The van der Waals surface area contributed by atoms with Gasteiger partial charge in [0, 0.05) is 41.6 Å². The zero-order valence-corrected chi connectivity index (χ0v) is 17.8. The third-order valence-electron chi connectivity index (χ3n) is 4.11. The van der Waals surface area contributed by atoms with Gasteiger partial charge in [0.1, 0.15) is 5.82 Å². The summed E-state index contributed by atoms with van der Waals surface area (Å²) in [5, 5.41) is 6.75. The Morgan fingerprint density at radius 2 is 1.93 bits per heavy atom. The highest BCUT2D eigenvalue weighted by molar-refractivity contribution is 9.10. The van der Waals surface area contributed by atoms with Gasteiger partial charge in [0.25, 0.3) is 0 Å². The van der Waals surface area contributed by atoms with Crippen LogP contribution in [0.5, 0.6) is 0 Å². The summed E-state index contributed by atoms with van der Waals surface area (Å²) in [5.74, 6) is 1.40. The van der Waals surface area contributed by atoms with E-state index in [1.165, 1.54) is 5.56 Å². The van der Waals surface area contributed by atoms with E-state index in [1.54, 1.807) is 6.20 Å². The number of hydrogen-bond acceptors (Lipinski definition) is 6. The van der Waals surface area contributed by atoms with Crippen molar-refractivity contribution >= 4 is 27.7 Å². The van der Waals surface area contributed by atoms with Crippen LogP contribution in [-0.4, -0.2) is 47.0 Å². The molecule has 2 heterocycles. The molecule has 0 atom stereocenters. The summed E-state index contributed by atoms with van der Waals surface area (Å²) in [7, 11) is 4.15. The van der Waals surface area contributed by atoms with Crippen LogP contribution in [0.4, 0.5) is 11.8 Å². The van der Waals surface area contributed by atoms with Crippen molar-refractivity contribution < 1.29 is 0 Å². The Balaban J connectivity index is 1.76. The van der Waals surface area contributed by atoms with Gasteiger partial charge in [-0.05, 0) is 56.9 Å². The Kier molecular flexibility index (Phi) is 7.33. The normalized spacial score (nSPS) is 10.9. The zero-order valence-electron chi connectivity index (χ0n) is 16.2. The van der Waals surface area contributed by atoms with Crippen molar-refractivity contribution in [2.24, 2.45) is 0 Å². The van der Waals surface area contributed by atoms with E-state index in [9.17, 15) is 0 Å². The maximum atomic E-state index is 4.67. The molecule has 2 aromatic heterocycles. The highest BCUT2D eigenvalue weighted by atomic mass is 79.9. The Morgan fingerprint density at radius 3 is 2.68 bits per heavy atom. The summed E-state index contributed by atoms with van der Waals surface area (Å²) in [6, 6.07) is 14.1. The molecule has 0 aliphatic rings. The number of anilines is 2. The lowest BCUT2D eigenvalue weighted by Gasteiger charge is -2.13. The van der Waals surface area contributed by atoms with E-state index in [0.29, 0.717) is 12.5 Å². The molecule has 0 aliphatic heterocycles. The van der Waals surface area contributed by atoms with Crippen molar-refractivity contribution in [3.63, 3.8) is 0 Å². The first kappa shape index (κ1) is 20.2. The topological polar surface area (TPSA) is 66.0 Å². The SMILES string of the molecule is CN(C)CCCNc1nc(NCc2cccc(Br)c2)cc(-c2cccnc2)n1. The third kappa shape index (κ3) is 6.28. The van der Waals surface area contributed by atoms with Gasteiger partial charge in [0.2, 0.25) is 5.95 Å². The summed E-state index contributed by atoms with van der Waals surface area (Å²) in [6.45, 7) is 2.52. The van der Waals surface area contributed by atoms with Gasteiger partial charge in [-0.1, -0.05) is 28.1 Å². The molecule has 0 bridgehead atoms. The van der Waals surface area contributed by atoms with Crippen LogP contribution >= 0.6 is 15.9 Å². The minimum atomic E-state index is 0.622. The molecule has 146 valence electrons. The molecule has 3 aromatic rings. The number of halogens is 1. The summed E-state index contributed by atoms with van der Waals surface area (Å²) >= 11 is 3.51. The van der Waals surface area contributed by atoms with E-state index in [2.05, 4.69) is 72.6 Å². The predicted molar refractivity (Wildman–Crippen MR) is 118 cm³/mol. The quantitative estimate of drug-likeness (QED) is 0.484. The fourth-order valence-electron chi connectivity index (χ4n) is 2.71. The number of nitrogens with one attached hydrogen (secondary N) is 2. The molecule has 2 N–H and O–H groups in total. The highest BCUT2D eigenvalue weighted by Gasteiger charge is 2.07. The average molecular weight is 441 g/mol. The molecule has 3 rings (SSSR count). The molecular weight excluding hydrogens is 416 g/mol. The van der Waals surface area contributed by atoms with Gasteiger partial charge in [-0.3, -0.25) is 4.98 Å². The van der Waals surface area contributed by atoms with E-state index in [1.807, 2.05) is 36.5 Å². The first-order valence-electron chi connectivity index (χ1n) is 9.26. The summed E-state index contributed by atoms with van der Waals surface area (Å²) in [4.78, 5) is 15.7. The molecule has 0 saturated heterocycles. The van der Waals surface area contributed by atoms with Crippen molar-refractivity contribution in [2.45, 2.75) is 13.0 Å². The molecule has 1 aromatic carbocycles. The van der Waals surface area contributed by atoms with Crippen molar-refractivity contribution in [1.29, 1.82) is 0 Å². The minimum Gasteiger partial charge on any atom is -0.366 e. The van der Waals surface area contributed by atoms with E-state index in [-0.39, 0.29) is 0 Å². The van der Waals surface area contributed by atoms with Crippen LogP contribution in [0.3, 0.4) is 0 Å². The smallest absolute Gasteiger partial charge is 0.225 e. The molecular formula is C21H25BrN6. The molecule has 0 unspecified atom stereocenters. The fourth-order valence-corrected chi connectivity index (χ4v) is 3.16. The van der Waals surface area contributed by atoms with E-state index in [4.69, 9.17) is 0 Å². The second-order valence-electron chi connectivity index (χ2n) is 6.77. The second kappa shape index (κ2) is 10.1. The van der Waals surface area contributed by atoms with Gasteiger partial charge >= 0.3 is 0 Å². The Hall–Kier alpha value is -2.51. The maximum absolute atomic E-state index is 4.67. The second-order valence-corrected chi connectivity index (χ2v) is 7.69. The van der Waals surface area contributed by atoms with Gasteiger partial charge in [0.05, 0.1) is 5.69 Å². The molecule has 0 spiro atoms. The lowest BCUT2D eigenvalue weighted by Crippen LogP contribution is -2.17. The van der Waals surface area contributed by atoms with Crippen molar-refractivity contribution in [3.05, 3.63) is 64.9 Å². The largest absolute Gasteiger partial charge is 0.366 e. The van der Waals surface area contributed by atoms with Crippen LogP contribution in [0.25, 0.3) is 11.3 Å². The van der Waals surface area contributed by atoms with Crippen LogP contribution in [0.2, 0.25) is 0 Å². The fraction of sp³-hybridized carbons (Fsp3) is 0.286. The molecule has 0 fully saturated rings.